The highest BCUT2D eigenvalue weighted by Crippen LogP contribution is 2.17. The largest absolute Gasteiger partial charge is 0.361 e. The molecule has 27 heavy (non-hydrogen) atoms. The molecular weight excluding hydrogens is 340 g/mol. The van der Waals surface area contributed by atoms with Crippen molar-refractivity contribution in [3.8, 4) is 0 Å². The molecule has 0 aliphatic heterocycles. The Labute approximate surface area is 155 Å². The number of aromatic nitrogens is 3. The molecule has 6 heteroatoms. The van der Waals surface area contributed by atoms with Crippen molar-refractivity contribution >= 4 is 27.7 Å². The first-order valence-corrected chi connectivity index (χ1v) is 8.94. The molecule has 2 aromatic carbocycles. The van der Waals surface area contributed by atoms with Gasteiger partial charge >= 0.3 is 0 Å². The zero-order chi connectivity index (χ0) is 18.8. The number of hydrogen-bond donors (Lipinski definition) is 2. The predicted molar refractivity (Wildman–Crippen MR) is 106 cm³/mol. The molecule has 6 nitrogen and oxygen atoms in total. The maximum atomic E-state index is 12.6. The zero-order valence-electron chi connectivity index (χ0n) is 15.0. The van der Waals surface area contributed by atoms with Gasteiger partial charge in [-0.3, -0.25) is 14.2 Å². The predicted octanol–water partition coefficient (Wildman–Crippen LogP) is 2.80. The molecule has 0 unspecified atom stereocenters. The Morgan fingerprint density at radius 1 is 1.15 bits per heavy atom. The summed E-state index contributed by atoms with van der Waals surface area (Å²) < 4.78 is 1.38. The first-order chi connectivity index (χ1) is 13.1. The van der Waals surface area contributed by atoms with E-state index in [1.165, 1.54) is 10.9 Å². The van der Waals surface area contributed by atoms with Crippen molar-refractivity contribution in [3.05, 3.63) is 77.0 Å². The highest BCUT2D eigenvalue weighted by atomic mass is 16.2. The highest BCUT2D eigenvalue weighted by molar-refractivity contribution is 5.83. The van der Waals surface area contributed by atoms with Gasteiger partial charge in [0.15, 0.2) is 0 Å². The van der Waals surface area contributed by atoms with Gasteiger partial charge in [0.2, 0.25) is 5.91 Å². The normalized spacial score (nSPS) is 12.3. The van der Waals surface area contributed by atoms with E-state index in [1.54, 1.807) is 25.1 Å². The number of aromatic amines is 1. The van der Waals surface area contributed by atoms with Crippen LogP contribution in [-0.4, -0.2) is 27.0 Å². The van der Waals surface area contributed by atoms with Crippen molar-refractivity contribution in [2.24, 2.45) is 0 Å². The summed E-state index contributed by atoms with van der Waals surface area (Å²) >= 11 is 0. The SMILES string of the molecule is C[C@@H](C(=O)NCCc1c[nH]c2ccccc12)n1cnc2ccccc2c1=O. The second-order valence-corrected chi connectivity index (χ2v) is 6.55. The van der Waals surface area contributed by atoms with E-state index in [4.69, 9.17) is 0 Å². The molecule has 0 aliphatic rings. The molecule has 1 amide bonds. The van der Waals surface area contributed by atoms with Gasteiger partial charge in [-0.05, 0) is 37.1 Å². The Balaban J connectivity index is 1.45. The fourth-order valence-corrected chi connectivity index (χ4v) is 3.29. The molecule has 2 N–H and O–H groups in total. The van der Waals surface area contributed by atoms with E-state index in [-0.39, 0.29) is 11.5 Å². The number of amides is 1. The molecule has 0 saturated carbocycles. The molecule has 0 radical (unpaired) electrons. The lowest BCUT2D eigenvalue weighted by Crippen LogP contribution is -2.36. The first-order valence-electron chi connectivity index (χ1n) is 8.94. The van der Waals surface area contributed by atoms with Gasteiger partial charge in [-0.15, -0.1) is 0 Å². The van der Waals surface area contributed by atoms with Crippen molar-refractivity contribution < 1.29 is 4.79 Å². The van der Waals surface area contributed by atoms with Gasteiger partial charge in [0.25, 0.3) is 5.56 Å². The molecule has 0 bridgehead atoms. The van der Waals surface area contributed by atoms with Crippen LogP contribution in [0.4, 0.5) is 0 Å². The van der Waals surface area contributed by atoms with E-state index in [0.29, 0.717) is 23.9 Å². The monoisotopic (exact) mass is 360 g/mol. The summed E-state index contributed by atoms with van der Waals surface area (Å²) in [5.41, 5.74) is 2.66. The standard InChI is InChI=1S/C21H20N4O2/c1-14(25-13-24-19-9-5-3-7-17(19)21(25)27)20(26)22-11-10-15-12-23-18-8-4-2-6-16(15)18/h2-9,12-14,23H,10-11H2,1H3,(H,22,26)/t14-/m0/s1. The molecule has 0 aliphatic carbocycles. The number of H-pyrrole nitrogens is 1. The maximum absolute atomic E-state index is 12.6. The van der Waals surface area contributed by atoms with Crippen molar-refractivity contribution in [2.45, 2.75) is 19.4 Å². The van der Waals surface area contributed by atoms with E-state index in [0.717, 1.165) is 16.5 Å². The number of benzene rings is 2. The number of nitrogens with one attached hydrogen (secondary N) is 2. The van der Waals surface area contributed by atoms with Crippen molar-refractivity contribution in [1.29, 1.82) is 0 Å². The minimum Gasteiger partial charge on any atom is -0.361 e. The van der Waals surface area contributed by atoms with Crippen molar-refractivity contribution in [2.75, 3.05) is 6.54 Å². The van der Waals surface area contributed by atoms with Crippen LogP contribution < -0.4 is 10.9 Å². The van der Waals surface area contributed by atoms with E-state index in [2.05, 4.69) is 21.4 Å². The van der Waals surface area contributed by atoms with Crippen LogP contribution in [-0.2, 0) is 11.2 Å². The number of hydrogen-bond acceptors (Lipinski definition) is 3. The molecule has 2 aromatic heterocycles. The third-order valence-electron chi connectivity index (χ3n) is 4.86. The summed E-state index contributed by atoms with van der Waals surface area (Å²) in [6.45, 7) is 2.21. The molecule has 1 atom stereocenters. The van der Waals surface area contributed by atoms with E-state index in [1.807, 2.05) is 30.5 Å². The number of carbonyl (C=O) groups excluding carboxylic acids is 1. The fourth-order valence-electron chi connectivity index (χ4n) is 3.29. The van der Waals surface area contributed by atoms with Gasteiger partial charge < -0.3 is 10.3 Å². The summed E-state index contributed by atoms with van der Waals surface area (Å²) in [7, 11) is 0. The van der Waals surface area contributed by atoms with Gasteiger partial charge in [-0.1, -0.05) is 30.3 Å². The summed E-state index contributed by atoms with van der Waals surface area (Å²) in [4.78, 5) is 32.6. The number of nitrogens with zero attached hydrogens (tertiary/aromatic N) is 2. The Bertz CT molecular complexity index is 1180. The smallest absolute Gasteiger partial charge is 0.261 e. The van der Waals surface area contributed by atoms with Crippen LogP contribution in [0.1, 0.15) is 18.5 Å². The quantitative estimate of drug-likeness (QED) is 0.574. The van der Waals surface area contributed by atoms with Gasteiger partial charge in [-0.2, -0.15) is 0 Å². The lowest BCUT2D eigenvalue weighted by atomic mass is 10.1. The third-order valence-corrected chi connectivity index (χ3v) is 4.86. The Morgan fingerprint density at radius 2 is 1.89 bits per heavy atom. The van der Waals surface area contributed by atoms with Crippen LogP contribution in [0.5, 0.6) is 0 Å². The lowest BCUT2D eigenvalue weighted by Gasteiger charge is -2.15. The molecule has 4 rings (SSSR count). The molecule has 0 saturated heterocycles. The van der Waals surface area contributed by atoms with Gasteiger partial charge in [0, 0.05) is 23.6 Å². The second kappa shape index (κ2) is 7.07. The average Bonchev–Trinajstić information content (AvgIpc) is 3.11. The Hall–Kier alpha value is -3.41. The molecule has 2 heterocycles. The second-order valence-electron chi connectivity index (χ2n) is 6.55. The van der Waals surface area contributed by atoms with E-state index >= 15 is 0 Å². The number of para-hydroxylation sites is 2. The Morgan fingerprint density at radius 3 is 2.74 bits per heavy atom. The van der Waals surface area contributed by atoms with Crippen LogP contribution in [0.15, 0.2) is 65.8 Å². The van der Waals surface area contributed by atoms with Crippen LogP contribution in [0.25, 0.3) is 21.8 Å². The van der Waals surface area contributed by atoms with Crippen LogP contribution in [0.3, 0.4) is 0 Å². The number of rotatable bonds is 5. The minimum atomic E-state index is -0.627. The van der Waals surface area contributed by atoms with Gasteiger partial charge in [0.05, 0.1) is 17.2 Å². The molecule has 0 fully saturated rings. The average molecular weight is 360 g/mol. The number of fused-ring (bicyclic) bond motifs is 2. The van der Waals surface area contributed by atoms with Crippen LogP contribution >= 0.6 is 0 Å². The first kappa shape index (κ1) is 17.0. The number of carbonyl (C=O) groups is 1. The van der Waals surface area contributed by atoms with E-state index < -0.39 is 6.04 Å². The fraction of sp³-hybridized carbons (Fsp3) is 0.190. The van der Waals surface area contributed by atoms with Gasteiger partial charge in [-0.25, -0.2) is 4.98 Å². The topological polar surface area (TPSA) is 79.8 Å². The van der Waals surface area contributed by atoms with Crippen LogP contribution in [0.2, 0.25) is 0 Å². The molecule has 4 aromatic rings. The third kappa shape index (κ3) is 3.21. The molecule has 0 spiro atoms. The highest BCUT2D eigenvalue weighted by Gasteiger charge is 2.17. The van der Waals surface area contributed by atoms with Crippen LogP contribution in [0, 0.1) is 0 Å². The van der Waals surface area contributed by atoms with Gasteiger partial charge in [0.1, 0.15) is 6.04 Å². The molecule has 136 valence electrons. The zero-order valence-corrected chi connectivity index (χ0v) is 15.0. The van der Waals surface area contributed by atoms with Crippen molar-refractivity contribution in [3.63, 3.8) is 0 Å². The molecular formula is C21H20N4O2. The lowest BCUT2D eigenvalue weighted by molar-refractivity contribution is -0.123. The summed E-state index contributed by atoms with van der Waals surface area (Å²) in [5.74, 6) is -0.200. The summed E-state index contributed by atoms with van der Waals surface area (Å²) in [6, 6.07) is 14.6. The Kier molecular flexibility index (Phi) is 4.46. The maximum Gasteiger partial charge on any atom is 0.261 e. The van der Waals surface area contributed by atoms with Crippen molar-refractivity contribution in [1.82, 2.24) is 19.9 Å². The summed E-state index contributed by atoms with van der Waals surface area (Å²) in [6.07, 6.45) is 4.12. The minimum absolute atomic E-state index is 0.200. The summed E-state index contributed by atoms with van der Waals surface area (Å²) in [5, 5.41) is 4.59. The van der Waals surface area contributed by atoms with E-state index in [9.17, 15) is 9.59 Å².